The molecular weight excluding hydrogens is 288 g/mol. The van der Waals surface area contributed by atoms with Gasteiger partial charge < -0.3 is 5.32 Å². The number of hydrogen-bond donors (Lipinski definition) is 1. The van der Waals surface area contributed by atoms with E-state index in [1.54, 1.807) is 24.3 Å². The number of rotatable bonds is 3. The van der Waals surface area contributed by atoms with E-state index in [1.165, 1.54) is 10.6 Å². The van der Waals surface area contributed by atoms with Crippen LogP contribution in [0.15, 0.2) is 24.3 Å². The van der Waals surface area contributed by atoms with Crippen molar-refractivity contribution >= 4 is 27.5 Å². The van der Waals surface area contributed by atoms with Crippen molar-refractivity contribution in [3.05, 3.63) is 34.9 Å². The first-order chi connectivity index (χ1) is 8.86. The van der Waals surface area contributed by atoms with Gasteiger partial charge >= 0.3 is 0 Å². The van der Waals surface area contributed by atoms with Gasteiger partial charge in [-0.25, -0.2) is 12.7 Å². The number of halogens is 1. The van der Waals surface area contributed by atoms with Gasteiger partial charge in [0.05, 0.1) is 6.26 Å². The van der Waals surface area contributed by atoms with E-state index >= 15 is 0 Å². The van der Waals surface area contributed by atoms with Crippen LogP contribution in [-0.4, -0.2) is 44.0 Å². The lowest BCUT2D eigenvalue weighted by Crippen LogP contribution is -2.38. The second kappa shape index (κ2) is 5.48. The Morgan fingerprint density at radius 2 is 2.00 bits per heavy atom. The largest absolute Gasteiger partial charge is 0.348 e. The zero-order chi connectivity index (χ0) is 14.0. The van der Waals surface area contributed by atoms with Crippen LogP contribution in [0.4, 0.5) is 0 Å². The molecule has 1 amide bonds. The van der Waals surface area contributed by atoms with Crippen molar-refractivity contribution in [3.8, 4) is 0 Å². The number of carbonyl (C=O) groups excluding carboxylic acids is 1. The molecule has 104 valence electrons. The Labute approximate surface area is 117 Å². The maximum Gasteiger partial charge on any atom is 0.251 e. The molecule has 19 heavy (non-hydrogen) atoms. The van der Waals surface area contributed by atoms with Gasteiger partial charge in [0.25, 0.3) is 5.91 Å². The van der Waals surface area contributed by atoms with Crippen molar-refractivity contribution in [1.29, 1.82) is 0 Å². The van der Waals surface area contributed by atoms with Gasteiger partial charge in [0.1, 0.15) is 0 Å². The van der Waals surface area contributed by atoms with Crippen LogP contribution in [0.1, 0.15) is 16.8 Å². The fourth-order valence-electron chi connectivity index (χ4n) is 2.02. The highest BCUT2D eigenvalue weighted by molar-refractivity contribution is 7.88. The topological polar surface area (TPSA) is 66.5 Å². The van der Waals surface area contributed by atoms with Crippen molar-refractivity contribution < 1.29 is 13.2 Å². The van der Waals surface area contributed by atoms with Crippen LogP contribution in [0.5, 0.6) is 0 Å². The number of nitrogens with one attached hydrogen (secondary N) is 1. The molecule has 7 heteroatoms. The number of nitrogens with zero attached hydrogens (tertiary/aromatic N) is 1. The van der Waals surface area contributed by atoms with Crippen molar-refractivity contribution in [1.82, 2.24) is 9.62 Å². The zero-order valence-corrected chi connectivity index (χ0v) is 12.0. The monoisotopic (exact) mass is 302 g/mol. The number of sulfonamides is 1. The van der Waals surface area contributed by atoms with Gasteiger partial charge in [0, 0.05) is 29.7 Å². The number of carbonyl (C=O) groups is 1. The SMILES string of the molecule is CS(=O)(=O)N1CCC(NC(=O)c2ccc(Cl)cc2)C1. The van der Waals surface area contributed by atoms with Crippen molar-refractivity contribution in [2.45, 2.75) is 12.5 Å². The minimum absolute atomic E-state index is 0.141. The van der Waals surface area contributed by atoms with Gasteiger partial charge in [-0.05, 0) is 30.7 Å². The maximum atomic E-state index is 11.9. The fraction of sp³-hybridized carbons (Fsp3) is 0.417. The molecule has 1 aliphatic heterocycles. The standard InChI is InChI=1S/C12H15ClN2O3S/c1-19(17,18)15-7-6-11(8-15)14-12(16)9-2-4-10(13)5-3-9/h2-5,11H,6-8H2,1H3,(H,14,16). The quantitative estimate of drug-likeness (QED) is 0.909. The Bertz CT molecular complexity index is 571. The number of hydrogen-bond acceptors (Lipinski definition) is 3. The van der Waals surface area contributed by atoms with Crippen LogP contribution in [0.2, 0.25) is 5.02 Å². The molecule has 0 spiro atoms. The average Bonchev–Trinajstić information content (AvgIpc) is 2.78. The third kappa shape index (κ3) is 3.68. The third-order valence-corrected chi connectivity index (χ3v) is 4.58. The minimum Gasteiger partial charge on any atom is -0.348 e. The van der Waals surface area contributed by atoms with Crippen LogP contribution in [0.3, 0.4) is 0 Å². The molecule has 1 unspecified atom stereocenters. The second-order valence-electron chi connectivity index (χ2n) is 4.59. The van der Waals surface area contributed by atoms with Gasteiger partial charge in [-0.1, -0.05) is 11.6 Å². The molecule has 1 saturated heterocycles. The summed E-state index contributed by atoms with van der Waals surface area (Å²) in [6.07, 6.45) is 1.81. The molecule has 1 aliphatic rings. The lowest BCUT2D eigenvalue weighted by Gasteiger charge is -2.14. The molecule has 0 radical (unpaired) electrons. The molecule has 1 fully saturated rings. The van der Waals surface area contributed by atoms with Crippen molar-refractivity contribution in [2.75, 3.05) is 19.3 Å². The summed E-state index contributed by atoms with van der Waals surface area (Å²) >= 11 is 5.75. The van der Waals surface area contributed by atoms with Crippen molar-refractivity contribution in [2.24, 2.45) is 0 Å². The van der Waals surface area contributed by atoms with Crippen LogP contribution >= 0.6 is 11.6 Å². The fourth-order valence-corrected chi connectivity index (χ4v) is 3.03. The molecule has 1 atom stereocenters. The van der Waals surface area contributed by atoms with Crippen LogP contribution < -0.4 is 5.32 Å². The van der Waals surface area contributed by atoms with E-state index in [0.717, 1.165) is 0 Å². The summed E-state index contributed by atoms with van der Waals surface area (Å²) in [4.78, 5) is 11.9. The van der Waals surface area contributed by atoms with Gasteiger partial charge in [-0.3, -0.25) is 4.79 Å². The molecular formula is C12H15ClN2O3S. The Morgan fingerprint density at radius 3 is 2.53 bits per heavy atom. The molecule has 0 saturated carbocycles. The highest BCUT2D eigenvalue weighted by Crippen LogP contribution is 2.14. The van der Waals surface area contributed by atoms with Gasteiger partial charge in [0.15, 0.2) is 0 Å². The molecule has 1 heterocycles. The first-order valence-corrected chi connectivity index (χ1v) is 8.10. The summed E-state index contributed by atoms with van der Waals surface area (Å²) in [5.74, 6) is -0.211. The van der Waals surface area contributed by atoms with Gasteiger partial charge in [0.2, 0.25) is 10.0 Å². The lowest BCUT2D eigenvalue weighted by atomic mass is 10.2. The van der Waals surface area contributed by atoms with E-state index in [2.05, 4.69) is 5.32 Å². The van der Waals surface area contributed by atoms with Gasteiger partial charge in [-0.2, -0.15) is 0 Å². The molecule has 5 nitrogen and oxygen atoms in total. The Kier molecular flexibility index (Phi) is 4.13. The number of amides is 1. The van der Waals surface area contributed by atoms with Crippen LogP contribution in [0, 0.1) is 0 Å². The smallest absolute Gasteiger partial charge is 0.251 e. The van der Waals surface area contributed by atoms with Crippen LogP contribution in [-0.2, 0) is 10.0 Å². The molecule has 0 aliphatic carbocycles. The predicted molar refractivity (Wildman–Crippen MR) is 73.7 cm³/mol. The highest BCUT2D eigenvalue weighted by Gasteiger charge is 2.29. The molecule has 1 aromatic carbocycles. The summed E-state index contributed by atoms with van der Waals surface area (Å²) < 4.78 is 24.1. The normalized spacial score (nSPS) is 20.4. The summed E-state index contributed by atoms with van der Waals surface area (Å²) in [6, 6.07) is 6.43. The van der Waals surface area contributed by atoms with Gasteiger partial charge in [-0.15, -0.1) is 0 Å². The zero-order valence-electron chi connectivity index (χ0n) is 10.5. The van der Waals surface area contributed by atoms with E-state index in [4.69, 9.17) is 11.6 Å². The first kappa shape index (κ1) is 14.3. The highest BCUT2D eigenvalue weighted by atomic mass is 35.5. The summed E-state index contributed by atoms with van der Waals surface area (Å²) in [7, 11) is -3.18. The molecule has 1 N–H and O–H groups in total. The predicted octanol–water partition coefficient (Wildman–Crippen LogP) is 1.10. The number of benzene rings is 1. The molecule has 0 aromatic heterocycles. The van der Waals surface area contributed by atoms with E-state index in [0.29, 0.717) is 30.1 Å². The lowest BCUT2D eigenvalue weighted by molar-refractivity contribution is 0.0939. The molecule has 0 bridgehead atoms. The third-order valence-electron chi connectivity index (χ3n) is 3.06. The Morgan fingerprint density at radius 1 is 1.37 bits per heavy atom. The van der Waals surface area contributed by atoms with E-state index in [9.17, 15) is 13.2 Å². The maximum absolute atomic E-state index is 11.9. The molecule has 1 aromatic rings. The average molecular weight is 303 g/mol. The summed E-state index contributed by atoms with van der Waals surface area (Å²) in [5.41, 5.74) is 0.516. The summed E-state index contributed by atoms with van der Waals surface area (Å²) in [5, 5.41) is 3.40. The van der Waals surface area contributed by atoms with E-state index < -0.39 is 10.0 Å². The Hall–Kier alpha value is -1.11. The first-order valence-electron chi connectivity index (χ1n) is 5.88. The van der Waals surface area contributed by atoms with E-state index in [-0.39, 0.29) is 11.9 Å². The second-order valence-corrected chi connectivity index (χ2v) is 7.01. The van der Waals surface area contributed by atoms with Crippen LogP contribution in [0.25, 0.3) is 0 Å². The summed E-state index contributed by atoms with van der Waals surface area (Å²) in [6.45, 7) is 0.780. The molecule has 2 rings (SSSR count). The Balaban J connectivity index is 1.96. The van der Waals surface area contributed by atoms with Crippen molar-refractivity contribution in [3.63, 3.8) is 0 Å². The minimum atomic E-state index is -3.18. The van der Waals surface area contributed by atoms with E-state index in [1.807, 2.05) is 0 Å².